The number of hydrogen-bond acceptors (Lipinski definition) is 5. The van der Waals surface area contributed by atoms with Gasteiger partial charge in [0.05, 0.1) is 24.9 Å². The first-order chi connectivity index (χ1) is 15.4. The minimum atomic E-state index is -0.409. The van der Waals surface area contributed by atoms with E-state index in [0.717, 1.165) is 43.1 Å². The van der Waals surface area contributed by atoms with Crippen LogP contribution in [-0.4, -0.2) is 58.8 Å². The minimum absolute atomic E-state index is 0.139. The van der Waals surface area contributed by atoms with Crippen LogP contribution in [0.15, 0.2) is 24.4 Å². The Kier molecular flexibility index (Phi) is 4.66. The molecule has 1 aromatic heterocycles. The van der Waals surface area contributed by atoms with Crippen molar-refractivity contribution in [2.75, 3.05) is 31.6 Å². The number of ether oxygens (including phenoxy) is 1. The third-order valence-electron chi connectivity index (χ3n) is 8.80. The molecule has 170 valence electrons. The van der Waals surface area contributed by atoms with Gasteiger partial charge in [-0.15, -0.1) is 0 Å². The first kappa shape index (κ1) is 20.6. The fraction of sp³-hybridized carbons (Fsp3) is 0.615. The highest BCUT2D eigenvalue weighted by Crippen LogP contribution is 2.70. The number of benzene rings is 1. The molecule has 4 fully saturated rings. The normalized spacial score (nSPS) is 31.8. The number of aliphatic hydroxyl groups excluding tert-OH is 1. The van der Waals surface area contributed by atoms with Gasteiger partial charge in [-0.1, -0.05) is 6.07 Å². The first-order valence-corrected chi connectivity index (χ1v) is 12.1. The lowest BCUT2D eigenvalue weighted by Crippen LogP contribution is -2.56. The number of nitrogens with zero attached hydrogens (tertiary/aromatic N) is 2. The Morgan fingerprint density at radius 2 is 2.00 bits per heavy atom. The van der Waals surface area contributed by atoms with Crippen LogP contribution >= 0.6 is 0 Å². The zero-order valence-electron chi connectivity index (χ0n) is 19.1. The summed E-state index contributed by atoms with van der Waals surface area (Å²) >= 11 is 0. The number of amides is 1. The van der Waals surface area contributed by atoms with E-state index in [1.807, 2.05) is 12.3 Å². The van der Waals surface area contributed by atoms with E-state index in [1.165, 1.54) is 24.0 Å². The fourth-order valence-corrected chi connectivity index (χ4v) is 6.13. The molecular weight excluding hydrogens is 402 g/mol. The van der Waals surface area contributed by atoms with Crippen molar-refractivity contribution < 1.29 is 14.6 Å². The number of likely N-dealkylation sites (tertiary alicyclic amines) is 1. The summed E-state index contributed by atoms with van der Waals surface area (Å²) < 4.78 is 5.55. The molecule has 6 nitrogen and oxygen atoms in total. The number of aliphatic hydroxyl groups is 1. The molecule has 2 aliphatic carbocycles. The van der Waals surface area contributed by atoms with Gasteiger partial charge in [-0.2, -0.15) is 0 Å². The largest absolute Gasteiger partial charge is 0.389 e. The van der Waals surface area contributed by atoms with Crippen molar-refractivity contribution in [3.63, 3.8) is 0 Å². The highest BCUT2D eigenvalue weighted by molar-refractivity contribution is 5.96. The maximum atomic E-state index is 12.5. The molecule has 2 saturated heterocycles. The Balaban J connectivity index is 1.18. The van der Waals surface area contributed by atoms with Crippen LogP contribution < -0.4 is 5.32 Å². The molecule has 0 radical (unpaired) electrons. The molecule has 3 heterocycles. The minimum Gasteiger partial charge on any atom is -0.389 e. The van der Waals surface area contributed by atoms with Crippen LogP contribution in [0, 0.1) is 18.3 Å². The zero-order chi connectivity index (χ0) is 22.1. The van der Waals surface area contributed by atoms with E-state index in [4.69, 9.17) is 4.74 Å². The lowest BCUT2D eigenvalue weighted by atomic mass is 9.83. The van der Waals surface area contributed by atoms with Gasteiger partial charge in [0, 0.05) is 17.5 Å². The van der Waals surface area contributed by atoms with E-state index >= 15 is 0 Å². The maximum Gasteiger partial charge on any atom is 0.229 e. The quantitative estimate of drug-likeness (QED) is 0.767. The topological polar surface area (TPSA) is 74.7 Å². The molecule has 1 aromatic carbocycles. The summed E-state index contributed by atoms with van der Waals surface area (Å²) in [7, 11) is 0. The summed E-state index contributed by atoms with van der Waals surface area (Å²) in [4.78, 5) is 19.5. The predicted molar refractivity (Wildman–Crippen MR) is 124 cm³/mol. The smallest absolute Gasteiger partial charge is 0.229 e. The molecule has 1 spiro atoms. The van der Waals surface area contributed by atoms with E-state index in [1.54, 1.807) is 0 Å². The van der Waals surface area contributed by atoms with Crippen LogP contribution in [0.1, 0.15) is 56.1 Å². The highest BCUT2D eigenvalue weighted by Gasteiger charge is 2.65. The van der Waals surface area contributed by atoms with Gasteiger partial charge in [-0.3, -0.25) is 9.69 Å². The third-order valence-corrected chi connectivity index (χ3v) is 8.80. The number of carbonyl (C=O) groups is 1. The SMILES string of the molecule is Cc1cc2cnc(NC(=O)[C@H]3CC34CC4)cc2cc1C1CCN([C@@]2(C)COC[C@H]2O)CC1. The summed E-state index contributed by atoms with van der Waals surface area (Å²) in [5.41, 5.74) is 2.80. The molecule has 2 saturated carbocycles. The molecule has 2 N–H and O–H groups in total. The van der Waals surface area contributed by atoms with Gasteiger partial charge in [0.15, 0.2) is 0 Å². The second kappa shape index (κ2) is 7.24. The zero-order valence-corrected chi connectivity index (χ0v) is 19.1. The Morgan fingerprint density at radius 3 is 2.66 bits per heavy atom. The van der Waals surface area contributed by atoms with Crippen molar-refractivity contribution in [3.05, 3.63) is 35.5 Å². The van der Waals surface area contributed by atoms with Crippen LogP contribution in [-0.2, 0) is 9.53 Å². The van der Waals surface area contributed by atoms with Crippen LogP contribution in [0.5, 0.6) is 0 Å². The predicted octanol–water partition coefficient (Wildman–Crippen LogP) is 3.61. The van der Waals surface area contributed by atoms with Crippen molar-refractivity contribution in [2.24, 2.45) is 11.3 Å². The van der Waals surface area contributed by atoms with E-state index in [-0.39, 0.29) is 17.4 Å². The number of aromatic nitrogens is 1. The Bertz CT molecular complexity index is 1070. The molecule has 6 heteroatoms. The average molecular weight is 436 g/mol. The molecule has 2 aromatic rings. The number of nitrogens with one attached hydrogen (secondary N) is 1. The number of rotatable bonds is 4. The van der Waals surface area contributed by atoms with Gasteiger partial charge >= 0.3 is 0 Å². The molecule has 4 aliphatic rings. The van der Waals surface area contributed by atoms with Crippen molar-refractivity contribution in [1.82, 2.24) is 9.88 Å². The molecule has 2 aliphatic heterocycles. The fourth-order valence-electron chi connectivity index (χ4n) is 6.13. The molecule has 32 heavy (non-hydrogen) atoms. The molecule has 3 atom stereocenters. The van der Waals surface area contributed by atoms with Crippen molar-refractivity contribution in [2.45, 2.75) is 63.5 Å². The molecular formula is C26H33N3O3. The number of carbonyl (C=O) groups excluding carboxylic acids is 1. The van der Waals surface area contributed by atoms with Crippen LogP contribution in [0.4, 0.5) is 5.82 Å². The molecule has 0 bridgehead atoms. The molecule has 1 amide bonds. The first-order valence-electron chi connectivity index (χ1n) is 12.1. The number of piperidine rings is 1. The number of pyridine rings is 1. The maximum absolute atomic E-state index is 12.5. The third kappa shape index (κ3) is 3.35. The second-order valence-corrected chi connectivity index (χ2v) is 10.9. The summed E-state index contributed by atoms with van der Waals surface area (Å²) in [6, 6.07) is 6.56. The van der Waals surface area contributed by atoms with Gasteiger partial charge in [0.1, 0.15) is 5.82 Å². The highest BCUT2D eigenvalue weighted by atomic mass is 16.5. The van der Waals surface area contributed by atoms with Crippen LogP contribution in [0.25, 0.3) is 10.8 Å². The van der Waals surface area contributed by atoms with Gasteiger partial charge in [0.2, 0.25) is 5.91 Å². The second-order valence-electron chi connectivity index (χ2n) is 10.9. The van der Waals surface area contributed by atoms with Gasteiger partial charge in [-0.05, 0) is 99.0 Å². The van der Waals surface area contributed by atoms with Crippen molar-refractivity contribution in [3.8, 4) is 0 Å². The number of hydrogen-bond donors (Lipinski definition) is 2. The molecule has 6 rings (SSSR count). The van der Waals surface area contributed by atoms with Crippen LogP contribution in [0.2, 0.25) is 0 Å². The lowest BCUT2D eigenvalue weighted by molar-refractivity contribution is -0.117. The molecule has 0 unspecified atom stereocenters. The van der Waals surface area contributed by atoms with E-state index in [0.29, 0.717) is 30.4 Å². The van der Waals surface area contributed by atoms with E-state index in [9.17, 15) is 9.90 Å². The van der Waals surface area contributed by atoms with Crippen molar-refractivity contribution >= 4 is 22.5 Å². The summed E-state index contributed by atoms with van der Waals surface area (Å²) in [5.74, 6) is 1.51. The van der Waals surface area contributed by atoms with E-state index < -0.39 is 6.10 Å². The number of fused-ring (bicyclic) bond motifs is 1. The average Bonchev–Trinajstić information content (AvgIpc) is 3.70. The number of anilines is 1. The summed E-state index contributed by atoms with van der Waals surface area (Å²) in [5, 5.41) is 15.7. The standard InChI is InChI=1S/C26H33N3O3/c1-16-9-19-13-27-23(28-24(31)21-12-26(21)5-6-26)11-18(19)10-20(16)17-3-7-29(8-4-17)25(2)15-32-14-22(25)30/h9-11,13,17,21-22,30H,3-8,12,14-15H2,1-2H3,(H,27,28,31)/t21-,22-,25+/m1/s1. The number of aryl methyl sites for hydroxylation is 1. The lowest BCUT2D eigenvalue weighted by Gasteiger charge is -2.44. The van der Waals surface area contributed by atoms with Gasteiger partial charge in [0.25, 0.3) is 0 Å². The summed E-state index contributed by atoms with van der Waals surface area (Å²) in [6.45, 7) is 7.31. The van der Waals surface area contributed by atoms with Crippen molar-refractivity contribution in [1.29, 1.82) is 0 Å². The Labute approximate surface area is 189 Å². The van der Waals surface area contributed by atoms with E-state index in [2.05, 4.69) is 41.2 Å². The summed E-state index contributed by atoms with van der Waals surface area (Å²) in [6.07, 6.45) is 7.10. The van der Waals surface area contributed by atoms with Gasteiger partial charge in [-0.25, -0.2) is 4.98 Å². The van der Waals surface area contributed by atoms with Crippen LogP contribution in [0.3, 0.4) is 0 Å². The monoisotopic (exact) mass is 435 g/mol. The Morgan fingerprint density at radius 1 is 1.22 bits per heavy atom. The van der Waals surface area contributed by atoms with Gasteiger partial charge < -0.3 is 15.2 Å². The Hall–Kier alpha value is -2.02.